The Morgan fingerprint density at radius 2 is 1.89 bits per heavy atom. The van der Waals surface area contributed by atoms with Gasteiger partial charge in [-0.25, -0.2) is 5.48 Å². The van der Waals surface area contributed by atoms with Gasteiger partial charge in [0.25, 0.3) is 0 Å². The summed E-state index contributed by atoms with van der Waals surface area (Å²) in [5, 5.41) is 0. The predicted molar refractivity (Wildman–Crippen MR) is 73.0 cm³/mol. The van der Waals surface area contributed by atoms with Gasteiger partial charge < -0.3 is 0 Å². The molecule has 0 aliphatic heterocycles. The fourth-order valence-corrected chi connectivity index (χ4v) is 1.39. The first-order valence-electron chi connectivity index (χ1n) is 6.08. The quantitative estimate of drug-likeness (QED) is 0.641. The number of hydroxylamine groups is 1. The Kier molecular flexibility index (Phi) is 5.59. The van der Waals surface area contributed by atoms with Crippen molar-refractivity contribution in [2.75, 3.05) is 6.61 Å². The number of carbonyl (C=O) groups is 1. The average molecular weight is 247 g/mol. The van der Waals surface area contributed by atoms with Crippen molar-refractivity contribution < 1.29 is 9.63 Å². The van der Waals surface area contributed by atoms with Gasteiger partial charge in [0.05, 0.1) is 13.0 Å². The number of amides is 1. The van der Waals surface area contributed by atoms with E-state index in [0.29, 0.717) is 13.0 Å². The largest absolute Gasteiger partial charge is 0.272 e. The average Bonchev–Trinajstić information content (AvgIpc) is 2.32. The molecule has 0 fully saturated rings. The second-order valence-electron chi connectivity index (χ2n) is 4.70. The van der Waals surface area contributed by atoms with Crippen molar-refractivity contribution in [3.63, 3.8) is 0 Å². The van der Waals surface area contributed by atoms with Crippen LogP contribution in [-0.4, -0.2) is 12.5 Å². The minimum Gasteiger partial charge on any atom is -0.272 e. The molecule has 0 spiro atoms. The van der Waals surface area contributed by atoms with E-state index in [1.165, 1.54) is 5.57 Å². The number of nitrogens with one attached hydrogen (secondary N) is 1. The molecule has 18 heavy (non-hydrogen) atoms. The molecule has 0 bridgehead atoms. The van der Waals surface area contributed by atoms with Gasteiger partial charge in [0, 0.05) is 0 Å². The zero-order valence-electron chi connectivity index (χ0n) is 11.5. The molecule has 0 aliphatic rings. The zero-order chi connectivity index (χ0) is 13.5. The number of hydrogen-bond donors (Lipinski definition) is 1. The van der Waals surface area contributed by atoms with Crippen molar-refractivity contribution in [2.24, 2.45) is 0 Å². The molecule has 0 aliphatic carbocycles. The van der Waals surface area contributed by atoms with Gasteiger partial charge in [0.2, 0.25) is 5.91 Å². The van der Waals surface area contributed by atoms with Crippen molar-refractivity contribution in [3.8, 4) is 0 Å². The van der Waals surface area contributed by atoms with Gasteiger partial charge in [-0.15, -0.1) is 0 Å². The molecule has 0 atom stereocenters. The van der Waals surface area contributed by atoms with Crippen molar-refractivity contribution in [1.82, 2.24) is 5.48 Å². The van der Waals surface area contributed by atoms with E-state index in [9.17, 15) is 4.79 Å². The molecule has 1 rings (SSSR count). The van der Waals surface area contributed by atoms with Crippen LogP contribution in [0.25, 0.3) is 0 Å². The number of carbonyl (C=O) groups excluding carboxylic acids is 1. The molecular weight excluding hydrogens is 226 g/mol. The fraction of sp³-hybridized carbons (Fsp3) is 0.400. The van der Waals surface area contributed by atoms with E-state index in [0.717, 1.165) is 16.7 Å². The maximum absolute atomic E-state index is 11.7. The van der Waals surface area contributed by atoms with Crippen LogP contribution in [0.5, 0.6) is 0 Å². The summed E-state index contributed by atoms with van der Waals surface area (Å²) in [4.78, 5) is 16.8. The number of rotatable bonds is 5. The molecule has 1 aromatic rings. The maximum atomic E-state index is 11.7. The fourth-order valence-electron chi connectivity index (χ4n) is 1.39. The van der Waals surface area contributed by atoms with Crippen molar-refractivity contribution >= 4 is 5.91 Å². The van der Waals surface area contributed by atoms with E-state index < -0.39 is 0 Å². The molecule has 0 unspecified atom stereocenters. The van der Waals surface area contributed by atoms with Crippen LogP contribution < -0.4 is 5.48 Å². The van der Waals surface area contributed by atoms with Gasteiger partial charge >= 0.3 is 0 Å². The van der Waals surface area contributed by atoms with E-state index >= 15 is 0 Å². The van der Waals surface area contributed by atoms with Crippen LogP contribution in [0, 0.1) is 6.92 Å². The summed E-state index contributed by atoms with van der Waals surface area (Å²) in [6.45, 7) is 8.46. The standard InChI is InChI=1S/C15H21NO2/c1-11(2)13(4)10-18-16-15(17)9-14-8-6-5-7-12(14)3/h5-8H,9-10H2,1-4H3,(H,16,17). The van der Waals surface area contributed by atoms with Gasteiger partial charge in [0.1, 0.15) is 0 Å². The summed E-state index contributed by atoms with van der Waals surface area (Å²) < 4.78 is 0. The first-order valence-corrected chi connectivity index (χ1v) is 6.08. The number of allylic oxidation sites excluding steroid dienone is 1. The number of hydrogen-bond acceptors (Lipinski definition) is 2. The van der Waals surface area contributed by atoms with E-state index in [4.69, 9.17) is 4.84 Å². The summed E-state index contributed by atoms with van der Waals surface area (Å²) in [5.74, 6) is -0.120. The second-order valence-corrected chi connectivity index (χ2v) is 4.70. The summed E-state index contributed by atoms with van der Waals surface area (Å²) in [7, 11) is 0. The third-order valence-corrected chi connectivity index (χ3v) is 2.94. The lowest BCUT2D eigenvalue weighted by Gasteiger charge is -2.08. The number of benzene rings is 1. The molecule has 0 heterocycles. The number of aryl methyl sites for hydroxylation is 1. The normalized spacial score (nSPS) is 10.0. The van der Waals surface area contributed by atoms with E-state index in [-0.39, 0.29) is 5.91 Å². The SMILES string of the molecule is CC(C)=C(C)CONC(=O)Cc1ccccc1C. The third kappa shape index (κ3) is 4.72. The second kappa shape index (κ2) is 6.97. The molecule has 0 saturated carbocycles. The zero-order valence-corrected chi connectivity index (χ0v) is 11.5. The molecule has 1 N–H and O–H groups in total. The van der Waals surface area contributed by atoms with E-state index in [2.05, 4.69) is 5.48 Å². The van der Waals surface area contributed by atoms with Crippen LogP contribution in [0.4, 0.5) is 0 Å². The van der Waals surface area contributed by atoms with Crippen LogP contribution in [0.2, 0.25) is 0 Å². The smallest absolute Gasteiger partial charge is 0.247 e. The molecule has 0 saturated heterocycles. The molecule has 0 radical (unpaired) electrons. The van der Waals surface area contributed by atoms with Crippen molar-refractivity contribution in [2.45, 2.75) is 34.1 Å². The Hall–Kier alpha value is -1.61. The summed E-state index contributed by atoms with van der Waals surface area (Å²) >= 11 is 0. The summed E-state index contributed by atoms with van der Waals surface area (Å²) in [6.07, 6.45) is 0.348. The van der Waals surface area contributed by atoms with Gasteiger partial charge in [-0.05, 0) is 44.4 Å². The van der Waals surface area contributed by atoms with Gasteiger partial charge in [-0.2, -0.15) is 0 Å². The highest BCUT2D eigenvalue weighted by molar-refractivity contribution is 5.77. The Balaban J connectivity index is 2.40. The van der Waals surface area contributed by atoms with Crippen molar-refractivity contribution in [3.05, 3.63) is 46.5 Å². The molecule has 3 heteroatoms. The lowest BCUT2D eigenvalue weighted by molar-refractivity contribution is -0.132. The molecule has 1 amide bonds. The first kappa shape index (κ1) is 14.5. The Morgan fingerprint density at radius 3 is 2.50 bits per heavy atom. The monoisotopic (exact) mass is 247 g/mol. The van der Waals surface area contributed by atoms with E-state index in [1.807, 2.05) is 52.0 Å². The molecule has 0 aromatic heterocycles. The van der Waals surface area contributed by atoms with Gasteiger partial charge in [-0.1, -0.05) is 29.8 Å². The van der Waals surface area contributed by atoms with Gasteiger partial charge in [-0.3, -0.25) is 9.63 Å². The van der Waals surface area contributed by atoms with Crippen LogP contribution in [-0.2, 0) is 16.1 Å². The predicted octanol–water partition coefficient (Wildman–Crippen LogP) is 2.94. The third-order valence-electron chi connectivity index (χ3n) is 2.94. The van der Waals surface area contributed by atoms with Crippen LogP contribution >= 0.6 is 0 Å². The Morgan fingerprint density at radius 1 is 1.22 bits per heavy atom. The highest BCUT2D eigenvalue weighted by Crippen LogP contribution is 2.07. The van der Waals surface area contributed by atoms with Crippen LogP contribution in [0.3, 0.4) is 0 Å². The lowest BCUT2D eigenvalue weighted by Crippen LogP contribution is -2.26. The minimum atomic E-state index is -0.120. The Labute approximate surface area is 109 Å². The topological polar surface area (TPSA) is 38.3 Å². The van der Waals surface area contributed by atoms with Crippen LogP contribution in [0.15, 0.2) is 35.4 Å². The maximum Gasteiger partial charge on any atom is 0.247 e. The highest BCUT2D eigenvalue weighted by atomic mass is 16.6. The summed E-state index contributed by atoms with van der Waals surface area (Å²) in [6, 6.07) is 7.85. The lowest BCUT2D eigenvalue weighted by atomic mass is 10.1. The van der Waals surface area contributed by atoms with Crippen LogP contribution in [0.1, 0.15) is 31.9 Å². The van der Waals surface area contributed by atoms with E-state index in [1.54, 1.807) is 0 Å². The molecule has 98 valence electrons. The Bertz CT molecular complexity index is 446. The molecule has 1 aromatic carbocycles. The minimum absolute atomic E-state index is 0.120. The summed E-state index contributed by atoms with van der Waals surface area (Å²) in [5.41, 5.74) is 6.96. The first-order chi connectivity index (χ1) is 8.50. The highest BCUT2D eigenvalue weighted by Gasteiger charge is 2.05. The molecule has 3 nitrogen and oxygen atoms in total. The molecular formula is C15H21NO2. The van der Waals surface area contributed by atoms with Crippen molar-refractivity contribution in [1.29, 1.82) is 0 Å². The van der Waals surface area contributed by atoms with Gasteiger partial charge in [0.15, 0.2) is 0 Å².